The molecule has 1 N–H and O–H groups in total. The molecule has 0 aliphatic carbocycles. The molecule has 0 fully saturated rings. The summed E-state index contributed by atoms with van der Waals surface area (Å²) in [5.41, 5.74) is 0. The van der Waals surface area contributed by atoms with Crippen molar-refractivity contribution in [3.8, 4) is 0 Å². The fourth-order valence-corrected chi connectivity index (χ4v) is 7.71. The molecule has 0 aromatic heterocycles. The third kappa shape index (κ3) is 44.4. The minimum Gasteiger partial charge on any atom is -0.457 e. The molecule has 8 nitrogen and oxygen atoms in total. The molecule has 0 heterocycles. The van der Waals surface area contributed by atoms with E-state index in [1.165, 1.54) is 180 Å². The summed E-state index contributed by atoms with van der Waals surface area (Å²) in [6.07, 6.45) is 42.7. The number of quaternary nitrogens is 1. The van der Waals surface area contributed by atoms with Gasteiger partial charge in [0.2, 0.25) is 0 Å². The summed E-state index contributed by atoms with van der Waals surface area (Å²) in [7, 11) is 1.69. The first-order valence-corrected chi connectivity index (χ1v) is 25.3. The van der Waals surface area contributed by atoms with Gasteiger partial charge in [-0.25, -0.2) is 4.57 Å². The maximum atomic E-state index is 12.7. The van der Waals surface area contributed by atoms with Crippen LogP contribution in [0.2, 0.25) is 0 Å². The van der Waals surface area contributed by atoms with Crippen LogP contribution < -0.4 is 0 Å². The lowest BCUT2D eigenvalue weighted by atomic mass is 10.0. The van der Waals surface area contributed by atoms with Crippen LogP contribution in [0.15, 0.2) is 0 Å². The van der Waals surface area contributed by atoms with E-state index in [0.717, 1.165) is 32.1 Å². The highest BCUT2D eigenvalue weighted by atomic mass is 31.2. The SMILES string of the molecule is CCCCCCCCCCCCCCCCCCCC(=O)O[C@H](COCCCCCCCCCCCCCCCCCC)COP(=O)(O)OCC[N+](C)(C)C. The zero-order chi connectivity index (χ0) is 40.6. The van der Waals surface area contributed by atoms with Gasteiger partial charge in [-0.1, -0.05) is 213 Å². The van der Waals surface area contributed by atoms with Crippen LogP contribution in [0.4, 0.5) is 0 Å². The van der Waals surface area contributed by atoms with Gasteiger partial charge in [0.25, 0.3) is 0 Å². The molecule has 0 aliphatic heterocycles. The molecule has 2 atom stereocenters. The maximum absolute atomic E-state index is 12.7. The minimum absolute atomic E-state index is 0.0940. The number of unbranched alkanes of at least 4 members (excludes halogenated alkanes) is 31. The third-order valence-electron chi connectivity index (χ3n) is 10.7. The van der Waals surface area contributed by atoms with Crippen molar-refractivity contribution in [2.75, 3.05) is 54.1 Å². The van der Waals surface area contributed by atoms with Gasteiger partial charge < -0.3 is 18.9 Å². The van der Waals surface area contributed by atoms with Gasteiger partial charge in [-0.05, 0) is 12.8 Å². The normalized spacial score (nSPS) is 13.6. The first kappa shape index (κ1) is 54.5. The van der Waals surface area contributed by atoms with Crippen LogP contribution in [0.25, 0.3) is 0 Å². The molecule has 9 heteroatoms. The lowest BCUT2D eigenvalue weighted by Crippen LogP contribution is -2.37. The van der Waals surface area contributed by atoms with Crippen molar-refractivity contribution in [1.29, 1.82) is 0 Å². The molecule has 0 saturated carbocycles. The van der Waals surface area contributed by atoms with Crippen LogP contribution in [-0.4, -0.2) is 75.6 Å². The van der Waals surface area contributed by atoms with E-state index in [-0.39, 0.29) is 25.8 Å². The molecule has 0 aromatic carbocycles. The van der Waals surface area contributed by atoms with Crippen molar-refractivity contribution in [2.45, 2.75) is 238 Å². The van der Waals surface area contributed by atoms with Gasteiger partial charge in [0, 0.05) is 13.0 Å². The number of carbonyl (C=O) groups is 1. The Morgan fingerprint density at radius 2 is 0.836 bits per heavy atom. The van der Waals surface area contributed by atoms with Gasteiger partial charge in [-0.15, -0.1) is 0 Å². The second-order valence-electron chi connectivity index (χ2n) is 17.5. The Bertz CT molecular complexity index is 853. The van der Waals surface area contributed by atoms with Gasteiger partial charge in [0.1, 0.15) is 19.3 Å². The van der Waals surface area contributed by atoms with Crippen molar-refractivity contribution >= 4 is 13.8 Å². The molecule has 0 spiro atoms. The molecule has 0 aromatic rings. The third-order valence-corrected chi connectivity index (χ3v) is 11.7. The quantitative estimate of drug-likeness (QED) is 0.0284. The van der Waals surface area contributed by atoms with Gasteiger partial charge in [0.05, 0.1) is 34.4 Å². The largest absolute Gasteiger partial charge is 0.472 e. The Kier molecular flexibility index (Phi) is 39.9. The summed E-state index contributed by atoms with van der Waals surface area (Å²) in [5, 5.41) is 0. The maximum Gasteiger partial charge on any atom is 0.472 e. The Hall–Kier alpha value is -0.500. The monoisotopic (exact) mass is 805 g/mol. The number of rotatable bonds is 45. The second-order valence-corrected chi connectivity index (χ2v) is 19.0. The Labute approximate surface area is 342 Å². The number of phosphoric acid groups is 1. The molecule has 0 bridgehead atoms. The number of hydrogen-bond donors (Lipinski definition) is 1. The van der Waals surface area contributed by atoms with Gasteiger partial charge in [0.15, 0.2) is 0 Å². The smallest absolute Gasteiger partial charge is 0.457 e. The molecule has 0 rings (SSSR count). The lowest BCUT2D eigenvalue weighted by Gasteiger charge is -2.24. The van der Waals surface area contributed by atoms with Crippen LogP contribution in [0.3, 0.4) is 0 Å². The topological polar surface area (TPSA) is 91.3 Å². The predicted molar refractivity (Wildman–Crippen MR) is 234 cm³/mol. The highest BCUT2D eigenvalue weighted by Crippen LogP contribution is 2.43. The van der Waals surface area contributed by atoms with E-state index < -0.39 is 13.9 Å². The zero-order valence-corrected chi connectivity index (χ0v) is 38.3. The first-order valence-electron chi connectivity index (χ1n) is 23.8. The molecular weight excluding hydrogens is 709 g/mol. The van der Waals surface area contributed by atoms with Crippen molar-refractivity contribution in [3.05, 3.63) is 0 Å². The molecule has 0 aliphatic rings. The molecule has 1 unspecified atom stereocenters. The number of nitrogens with zero attached hydrogens (tertiary/aromatic N) is 1. The van der Waals surface area contributed by atoms with Crippen molar-refractivity contribution in [3.63, 3.8) is 0 Å². The van der Waals surface area contributed by atoms with E-state index in [0.29, 0.717) is 24.1 Å². The standard InChI is InChI=1S/C46H94NO7P/c1-6-8-10-12-14-16-18-20-22-24-25-27-29-31-33-35-37-39-46(48)54-45(44-53-55(49,50)52-42-40-47(3,4)5)43-51-41-38-36-34-32-30-28-26-23-21-19-17-15-13-11-9-7-2/h45H,6-44H2,1-5H3/p+1/t45-/m1/s1. The number of esters is 1. The molecule has 0 amide bonds. The lowest BCUT2D eigenvalue weighted by molar-refractivity contribution is -0.870. The summed E-state index contributed by atoms with van der Waals surface area (Å²) in [6.45, 7) is 5.69. The van der Waals surface area contributed by atoms with E-state index in [9.17, 15) is 14.3 Å². The van der Waals surface area contributed by atoms with E-state index in [1.54, 1.807) is 0 Å². The molecule has 330 valence electrons. The predicted octanol–water partition coefficient (Wildman–Crippen LogP) is 14.1. The Morgan fingerprint density at radius 1 is 0.491 bits per heavy atom. The van der Waals surface area contributed by atoms with Gasteiger partial charge in [-0.2, -0.15) is 0 Å². The summed E-state index contributed by atoms with van der Waals surface area (Å²) >= 11 is 0. The number of phosphoric ester groups is 1. The van der Waals surface area contributed by atoms with Crippen LogP contribution >= 0.6 is 7.82 Å². The average Bonchev–Trinajstić information content (AvgIpc) is 3.13. The van der Waals surface area contributed by atoms with Crippen molar-refractivity contribution < 1.29 is 37.3 Å². The Morgan fingerprint density at radius 3 is 1.20 bits per heavy atom. The van der Waals surface area contributed by atoms with Gasteiger partial charge in [-0.3, -0.25) is 13.8 Å². The zero-order valence-electron chi connectivity index (χ0n) is 37.4. The van der Waals surface area contributed by atoms with E-state index >= 15 is 0 Å². The summed E-state index contributed by atoms with van der Waals surface area (Å²) < 4.78 is 35.1. The summed E-state index contributed by atoms with van der Waals surface area (Å²) in [5.74, 6) is -0.306. The molecular formula is C46H95NO7P+. The Balaban J connectivity index is 4.14. The fraction of sp³-hybridized carbons (Fsp3) is 0.978. The second kappa shape index (κ2) is 40.3. The average molecular weight is 805 g/mol. The molecule has 0 radical (unpaired) electrons. The molecule has 0 saturated heterocycles. The van der Waals surface area contributed by atoms with E-state index in [4.69, 9.17) is 18.5 Å². The van der Waals surface area contributed by atoms with E-state index in [2.05, 4.69) is 13.8 Å². The number of ether oxygens (including phenoxy) is 2. The van der Waals surface area contributed by atoms with Crippen LogP contribution in [-0.2, 0) is 27.9 Å². The van der Waals surface area contributed by atoms with Crippen molar-refractivity contribution in [2.24, 2.45) is 0 Å². The number of carbonyl (C=O) groups excluding carboxylic acids is 1. The van der Waals surface area contributed by atoms with Crippen LogP contribution in [0.5, 0.6) is 0 Å². The fourth-order valence-electron chi connectivity index (χ4n) is 6.97. The van der Waals surface area contributed by atoms with Crippen LogP contribution in [0, 0.1) is 0 Å². The summed E-state index contributed by atoms with van der Waals surface area (Å²) in [4.78, 5) is 22.9. The first-order chi connectivity index (χ1) is 26.6. The van der Waals surface area contributed by atoms with Gasteiger partial charge >= 0.3 is 13.8 Å². The highest BCUT2D eigenvalue weighted by Gasteiger charge is 2.26. The summed E-state index contributed by atoms with van der Waals surface area (Å²) in [6, 6.07) is 0. The molecule has 55 heavy (non-hydrogen) atoms. The highest BCUT2D eigenvalue weighted by molar-refractivity contribution is 7.47. The van der Waals surface area contributed by atoms with Crippen LogP contribution in [0.1, 0.15) is 232 Å². The van der Waals surface area contributed by atoms with Crippen molar-refractivity contribution in [1.82, 2.24) is 0 Å². The minimum atomic E-state index is -4.27. The number of hydrogen-bond acceptors (Lipinski definition) is 6. The number of likely N-dealkylation sites (N-methyl/N-ethyl adjacent to an activating group) is 1. The van der Waals surface area contributed by atoms with E-state index in [1.807, 2.05) is 21.1 Å².